The van der Waals surface area contributed by atoms with Gasteiger partial charge in [0.25, 0.3) is 0 Å². The van der Waals surface area contributed by atoms with E-state index >= 15 is 0 Å². The first-order valence-corrected chi connectivity index (χ1v) is 5.73. The van der Waals surface area contributed by atoms with E-state index in [0.717, 1.165) is 10.0 Å². The van der Waals surface area contributed by atoms with Gasteiger partial charge in [-0.2, -0.15) is 0 Å². The molecule has 0 bridgehead atoms. The van der Waals surface area contributed by atoms with Crippen LogP contribution in [-0.2, 0) is 17.4 Å². The minimum Gasteiger partial charge on any atom is -0.392 e. The zero-order valence-electron chi connectivity index (χ0n) is 6.58. The molecular formula is C8H9BrO2S. The van der Waals surface area contributed by atoms with Gasteiger partial charge in [0.15, 0.2) is 0 Å². The predicted molar refractivity (Wildman–Crippen MR) is 52.4 cm³/mol. The summed E-state index contributed by atoms with van der Waals surface area (Å²) in [4.78, 5) is 0.687. The molecule has 0 fully saturated rings. The number of rotatable bonds is 2. The molecule has 1 atom stereocenters. The van der Waals surface area contributed by atoms with E-state index in [4.69, 9.17) is 5.11 Å². The average molecular weight is 249 g/mol. The van der Waals surface area contributed by atoms with Gasteiger partial charge in [-0.05, 0) is 17.7 Å². The second-order valence-electron chi connectivity index (χ2n) is 2.36. The SMILES string of the molecule is CS(=O)c1cc(Br)ccc1CO. The summed E-state index contributed by atoms with van der Waals surface area (Å²) in [7, 11) is -1.04. The number of hydrogen-bond acceptors (Lipinski definition) is 2. The lowest BCUT2D eigenvalue weighted by Crippen LogP contribution is -1.95. The first-order chi connectivity index (χ1) is 5.65. The Morgan fingerprint density at radius 3 is 2.75 bits per heavy atom. The maximum absolute atomic E-state index is 11.2. The van der Waals surface area contributed by atoms with Crippen LogP contribution in [0.25, 0.3) is 0 Å². The fourth-order valence-electron chi connectivity index (χ4n) is 0.927. The molecule has 1 unspecified atom stereocenters. The van der Waals surface area contributed by atoms with Crippen molar-refractivity contribution in [1.29, 1.82) is 0 Å². The van der Waals surface area contributed by atoms with Crippen molar-refractivity contribution in [2.75, 3.05) is 6.26 Å². The van der Waals surface area contributed by atoms with Gasteiger partial charge in [0.05, 0.1) is 17.4 Å². The summed E-state index contributed by atoms with van der Waals surface area (Å²) in [6, 6.07) is 5.35. The summed E-state index contributed by atoms with van der Waals surface area (Å²) in [5, 5.41) is 8.91. The Kier molecular flexibility index (Phi) is 3.43. The largest absolute Gasteiger partial charge is 0.392 e. The summed E-state index contributed by atoms with van der Waals surface area (Å²) in [6.07, 6.45) is 1.60. The molecule has 1 aromatic carbocycles. The fraction of sp³-hybridized carbons (Fsp3) is 0.250. The fourth-order valence-corrected chi connectivity index (χ4v) is 2.23. The smallest absolute Gasteiger partial charge is 0.0693 e. The molecule has 0 aromatic heterocycles. The van der Waals surface area contributed by atoms with Crippen molar-refractivity contribution in [1.82, 2.24) is 0 Å². The molecule has 12 heavy (non-hydrogen) atoms. The van der Waals surface area contributed by atoms with Gasteiger partial charge >= 0.3 is 0 Å². The van der Waals surface area contributed by atoms with Crippen LogP contribution in [0.4, 0.5) is 0 Å². The first-order valence-electron chi connectivity index (χ1n) is 3.38. The minimum absolute atomic E-state index is 0.0673. The summed E-state index contributed by atoms with van der Waals surface area (Å²) >= 11 is 3.28. The Bertz CT molecular complexity index is 312. The van der Waals surface area contributed by atoms with Crippen LogP contribution in [0.2, 0.25) is 0 Å². The summed E-state index contributed by atoms with van der Waals surface area (Å²) < 4.78 is 12.0. The second kappa shape index (κ2) is 4.16. The number of benzene rings is 1. The molecule has 2 nitrogen and oxygen atoms in total. The quantitative estimate of drug-likeness (QED) is 0.865. The highest BCUT2D eigenvalue weighted by Gasteiger charge is 2.04. The maximum atomic E-state index is 11.2. The highest BCUT2D eigenvalue weighted by molar-refractivity contribution is 9.10. The van der Waals surface area contributed by atoms with Gasteiger partial charge in [0, 0.05) is 15.6 Å². The molecule has 0 saturated heterocycles. The van der Waals surface area contributed by atoms with Crippen molar-refractivity contribution < 1.29 is 9.32 Å². The minimum atomic E-state index is -1.04. The molecule has 0 spiro atoms. The van der Waals surface area contributed by atoms with Gasteiger partial charge in [0.1, 0.15) is 0 Å². The predicted octanol–water partition coefficient (Wildman–Crippen LogP) is 1.68. The lowest BCUT2D eigenvalue weighted by atomic mass is 10.2. The van der Waals surface area contributed by atoms with Crippen LogP contribution in [0.1, 0.15) is 5.56 Å². The Morgan fingerprint density at radius 2 is 2.25 bits per heavy atom. The topological polar surface area (TPSA) is 37.3 Å². The van der Waals surface area contributed by atoms with Gasteiger partial charge in [0.2, 0.25) is 0 Å². The number of hydrogen-bond donors (Lipinski definition) is 1. The molecule has 0 amide bonds. The van der Waals surface area contributed by atoms with Crippen LogP contribution in [0.15, 0.2) is 27.6 Å². The van der Waals surface area contributed by atoms with E-state index in [1.54, 1.807) is 18.4 Å². The van der Waals surface area contributed by atoms with Gasteiger partial charge in [-0.25, -0.2) is 0 Å². The number of aliphatic hydroxyl groups is 1. The van der Waals surface area contributed by atoms with Crippen molar-refractivity contribution in [2.45, 2.75) is 11.5 Å². The molecule has 4 heteroatoms. The molecule has 1 rings (SSSR count). The van der Waals surface area contributed by atoms with Crippen LogP contribution in [0.5, 0.6) is 0 Å². The van der Waals surface area contributed by atoms with Crippen LogP contribution < -0.4 is 0 Å². The van der Waals surface area contributed by atoms with Crippen LogP contribution in [0, 0.1) is 0 Å². The van der Waals surface area contributed by atoms with Crippen molar-refractivity contribution in [3.05, 3.63) is 28.2 Å². The monoisotopic (exact) mass is 248 g/mol. The molecule has 1 aromatic rings. The Balaban J connectivity index is 3.21. The summed E-state index contributed by atoms with van der Waals surface area (Å²) in [6.45, 7) is -0.0673. The van der Waals surface area contributed by atoms with Gasteiger partial charge in [-0.3, -0.25) is 4.21 Å². The first kappa shape index (κ1) is 9.89. The van der Waals surface area contributed by atoms with E-state index < -0.39 is 10.8 Å². The zero-order valence-corrected chi connectivity index (χ0v) is 8.98. The Morgan fingerprint density at radius 1 is 1.58 bits per heavy atom. The van der Waals surface area contributed by atoms with Gasteiger partial charge < -0.3 is 5.11 Å². The molecule has 0 aliphatic carbocycles. The normalized spacial score (nSPS) is 12.9. The average Bonchev–Trinajstić information content (AvgIpc) is 2.04. The summed E-state index contributed by atoms with van der Waals surface area (Å²) in [5.74, 6) is 0. The van der Waals surface area contributed by atoms with E-state index in [9.17, 15) is 4.21 Å². The van der Waals surface area contributed by atoms with E-state index in [1.807, 2.05) is 6.07 Å². The second-order valence-corrected chi connectivity index (χ2v) is 4.63. The number of aliphatic hydroxyl groups excluding tert-OH is 1. The lowest BCUT2D eigenvalue weighted by molar-refractivity contribution is 0.278. The molecular weight excluding hydrogens is 240 g/mol. The van der Waals surface area contributed by atoms with Crippen molar-refractivity contribution in [3.63, 3.8) is 0 Å². The van der Waals surface area contributed by atoms with Gasteiger partial charge in [-0.1, -0.05) is 22.0 Å². The van der Waals surface area contributed by atoms with Crippen molar-refractivity contribution >= 4 is 26.7 Å². The highest BCUT2D eigenvalue weighted by atomic mass is 79.9. The van der Waals surface area contributed by atoms with E-state index in [-0.39, 0.29) is 6.61 Å². The standard InChI is InChI=1S/C8H9BrO2S/c1-12(11)8-4-7(9)3-2-6(8)5-10/h2-4,10H,5H2,1H3. The third-order valence-corrected chi connectivity index (χ3v) is 3.00. The molecule has 0 heterocycles. The summed E-state index contributed by atoms with van der Waals surface area (Å²) in [5.41, 5.74) is 0.721. The molecule has 1 N–H and O–H groups in total. The third-order valence-electron chi connectivity index (χ3n) is 1.51. The Labute approximate surface area is 82.2 Å². The highest BCUT2D eigenvalue weighted by Crippen LogP contribution is 2.19. The van der Waals surface area contributed by atoms with Crippen LogP contribution in [-0.4, -0.2) is 15.6 Å². The lowest BCUT2D eigenvalue weighted by Gasteiger charge is -2.03. The van der Waals surface area contributed by atoms with Crippen LogP contribution >= 0.6 is 15.9 Å². The molecule has 66 valence electrons. The van der Waals surface area contributed by atoms with Crippen molar-refractivity contribution in [3.8, 4) is 0 Å². The van der Waals surface area contributed by atoms with Gasteiger partial charge in [-0.15, -0.1) is 0 Å². The molecule has 0 aliphatic heterocycles. The zero-order chi connectivity index (χ0) is 9.14. The van der Waals surface area contributed by atoms with Crippen molar-refractivity contribution in [2.24, 2.45) is 0 Å². The van der Waals surface area contributed by atoms with E-state index in [1.165, 1.54) is 0 Å². The Hall–Kier alpha value is -0.190. The third kappa shape index (κ3) is 2.15. The maximum Gasteiger partial charge on any atom is 0.0693 e. The molecule has 0 radical (unpaired) electrons. The molecule has 0 saturated carbocycles. The van der Waals surface area contributed by atoms with E-state index in [2.05, 4.69) is 15.9 Å². The van der Waals surface area contributed by atoms with E-state index in [0.29, 0.717) is 4.90 Å². The molecule has 0 aliphatic rings. The number of halogens is 1. The van der Waals surface area contributed by atoms with Crippen LogP contribution in [0.3, 0.4) is 0 Å².